The molecule has 2 heterocycles. The summed E-state index contributed by atoms with van der Waals surface area (Å²) >= 11 is 0. The predicted molar refractivity (Wildman–Crippen MR) is 64.2 cm³/mol. The van der Waals surface area contributed by atoms with Crippen molar-refractivity contribution in [2.75, 3.05) is 0 Å². The molecule has 0 saturated heterocycles. The van der Waals surface area contributed by atoms with Gasteiger partial charge in [-0.25, -0.2) is 9.78 Å². The van der Waals surface area contributed by atoms with Crippen LogP contribution in [-0.4, -0.2) is 25.8 Å². The van der Waals surface area contributed by atoms with Crippen molar-refractivity contribution < 1.29 is 14.3 Å². The molecule has 0 amide bonds. The Morgan fingerprint density at radius 1 is 1.56 bits per heavy atom. The van der Waals surface area contributed by atoms with Gasteiger partial charge < -0.3 is 9.52 Å². The van der Waals surface area contributed by atoms with E-state index in [0.29, 0.717) is 29.5 Å². The van der Waals surface area contributed by atoms with E-state index in [0.717, 1.165) is 0 Å². The number of carbonyl (C=O) groups is 1. The van der Waals surface area contributed by atoms with Crippen molar-refractivity contribution in [2.45, 2.75) is 20.3 Å². The Morgan fingerprint density at radius 2 is 2.28 bits per heavy atom. The molecule has 6 heteroatoms. The second-order valence-electron chi connectivity index (χ2n) is 4.60. The summed E-state index contributed by atoms with van der Waals surface area (Å²) in [7, 11) is 1.78. The van der Waals surface area contributed by atoms with Crippen molar-refractivity contribution in [1.82, 2.24) is 14.8 Å². The molecule has 0 aliphatic carbocycles. The van der Waals surface area contributed by atoms with Crippen LogP contribution in [0.15, 0.2) is 16.8 Å². The number of oxazole rings is 1. The minimum absolute atomic E-state index is 0.0810. The third-order valence-electron chi connectivity index (χ3n) is 2.45. The molecule has 0 fully saturated rings. The molecule has 6 nitrogen and oxygen atoms in total. The molecular weight excluding hydrogens is 234 g/mol. The van der Waals surface area contributed by atoms with Crippen LogP contribution in [0.25, 0.3) is 11.5 Å². The molecule has 1 N–H and O–H groups in total. The first-order valence-corrected chi connectivity index (χ1v) is 5.69. The molecule has 2 aromatic heterocycles. The molecule has 0 atom stereocenters. The van der Waals surface area contributed by atoms with Gasteiger partial charge in [-0.2, -0.15) is 5.10 Å². The summed E-state index contributed by atoms with van der Waals surface area (Å²) in [5, 5.41) is 13.1. The number of carboxylic acid groups (broad SMARTS) is 1. The van der Waals surface area contributed by atoms with Crippen molar-refractivity contribution in [3.63, 3.8) is 0 Å². The monoisotopic (exact) mass is 249 g/mol. The number of hydrogen-bond acceptors (Lipinski definition) is 4. The highest BCUT2D eigenvalue weighted by Gasteiger charge is 2.21. The third kappa shape index (κ3) is 2.42. The molecule has 0 spiro atoms. The average molecular weight is 249 g/mol. The minimum Gasteiger partial charge on any atom is -0.475 e. The van der Waals surface area contributed by atoms with E-state index in [1.54, 1.807) is 24.1 Å². The second kappa shape index (κ2) is 4.64. The van der Waals surface area contributed by atoms with E-state index in [1.165, 1.54) is 0 Å². The summed E-state index contributed by atoms with van der Waals surface area (Å²) in [5.74, 6) is -0.554. The zero-order valence-corrected chi connectivity index (χ0v) is 10.5. The zero-order chi connectivity index (χ0) is 13.3. The topological polar surface area (TPSA) is 81.2 Å². The average Bonchev–Trinajstić information content (AvgIpc) is 2.83. The molecule has 0 bridgehead atoms. The van der Waals surface area contributed by atoms with Crippen molar-refractivity contribution >= 4 is 5.97 Å². The molecule has 0 aliphatic heterocycles. The van der Waals surface area contributed by atoms with E-state index >= 15 is 0 Å². The van der Waals surface area contributed by atoms with Gasteiger partial charge in [0.05, 0.1) is 17.5 Å². The molecule has 0 unspecified atom stereocenters. The number of aromatic carboxylic acids is 1. The van der Waals surface area contributed by atoms with Crippen molar-refractivity contribution in [1.29, 1.82) is 0 Å². The highest BCUT2D eigenvalue weighted by Crippen LogP contribution is 2.23. The Labute approximate surface area is 104 Å². The van der Waals surface area contributed by atoms with Crippen LogP contribution in [0.4, 0.5) is 0 Å². The third-order valence-corrected chi connectivity index (χ3v) is 2.45. The SMILES string of the molecule is CC(C)Cc1nc(-c2cnn(C)c2)oc1C(=O)O. The molecule has 96 valence electrons. The Bertz CT molecular complexity index is 569. The lowest BCUT2D eigenvalue weighted by atomic mass is 10.1. The highest BCUT2D eigenvalue weighted by molar-refractivity contribution is 5.86. The highest BCUT2D eigenvalue weighted by atomic mass is 16.4. The molecule has 18 heavy (non-hydrogen) atoms. The summed E-state index contributed by atoms with van der Waals surface area (Å²) in [6.07, 6.45) is 3.90. The maximum Gasteiger partial charge on any atom is 0.373 e. The van der Waals surface area contributed by atoms with E-state index in [-0.39, 0.29) is 5.76 Å². The first-order valence-electron chi connectivity index (χ1n) is 5.69. The van der Waals surface area contributed by atoms with E-state index in [9.17, 15) is 4.79 Å². The van der Waals surface area contributed by atoms with Crippen LogP contribution >= 0.6 is 0 Å². The normalized spacial score (nSPS) is 11.1. The smallest absolute Gasteiger partial charge is 0.373 e. The van der Waals surface area contributed by atoms with Gasteiger partial charge in [-0.1, -0.05) is 13.8 Å². The van der Waals surface area contributed by atoms with Crippen LogP contribution in [0.1, 0.15) is 30.1 Å². The maximum absolute atomic E-state index is 11.1. The van der Waals surface area contributed by atoms with Crippen LogP contribution in [0.3, 0.4) is 0 Å². The van der Waals surface area contributed by atoms with Crippen molar-refractivity contribution in [3.05, 3.63) is 23.8 Å². The molecule has 2 aromatic rings. The Morgan fingerprint density at radius 3 is 2.78 bits per heavy atom. The van der Waals surface area contributed by atoms with Crippen LogP contribution in [0, 0.1) is 5.92 Å². The fourth-order valence-electron chi connectivity index (χ4n) is 1.70. The van der Waals surface area contributed by atoms with E-state index in [2.05, 4.69) is 10.1 Å². The first-order chi connectivity index (χ1) is 8.47. The fraction of sp³-hybridized carbons (Fsp3) is 0.417. The maximum atomic E-state index is 11.1. The number of aryl methyl sites for hydroxylation is 1. The number of aromatic nitrogens is 3. The Balaban J connectivity index is 2.42. The lowest BCUT2D eigenvalue weighted by molar-refractivity contribution is 0.0661. The summed E-state index contributed by atoms with van der Waals surface area (Å²) < 4.78 is 6.93. The summed E-state index contributed by atoms with van der Waals surface area (Å²) in [6.45, 7) is 4.01. The summed E-state index contributed by atoms with van der Waals surface area (Å²) in [5.41, 5.74) is 1.16. The number of carboxylic acids is 1. The van der Waals surface area contributed by atoms with Gasteiger partial charge in [0.2, 0.25) is 11.7 Å². The van der Waals surface area contributed by atoms with E-state index in [1.807, 2.05) is 13.8 Å². The quantitative estimate of drug-likeness (QED) is 0.895. The molecule has 0 radical (unpaired) electrons. The van der Waals surface area contributed by atoms with Gasteiger partial charge in [0, 0.05) is 13.2 Å². The van der Waals surface area contributed by atoms with Gasteiger partial charge >= 0.3 is 5.97 Å². The predicted octanol–water partition coefficient (Wildman–Crippen LogP) is 1.97. The molecular formula is C12H15N3O3. The lowest BCUT2D eigenvalue weighted by Gasteiger charge is -1.99. The lowest BCUT2D eigenvalue weighted by Crippen LogP contribution is -2.03. The van der Waals surface area contributed by atoms with Crippen LogP contribution in [0.2, 0.25) is 0 Å². The summed E-state index contributed by atoms with van der Waals surface area (Å²) in [4.78, 5) is 15.4. The number of rotatable bonds is 4. The summed E-state index contributed by atoms with van der Waals surface area (Å²) in [6, 6.07) is 0. The Kier molecular flexibility index (Phi) is 3.18. The standard InChI is InChI=1S/C12H15N3O3/c1-7(2)4-9-10(12(16)17)18-11(14-9)8-5-13-15(3)6-8/h5-7H,4H2,1-3H3,(H,16,17). The molecule has 2 rings (SSSR count). The van der Waals surface area contributed by atoms with Crippen LogP contribution < -0.4 is 0 Å². The van der Waals surface area contributed by atoms with Gasteiger partial charge in [0.25, 0.3) is 0 Å². The largest absolute Gasteiger partial charge is 0.475 e. The van der Waals surface area contributed by atoms with Gasteiger partial charge in [-0.3, -0.25) is 4.68 Å². The zero-order valence-electron chi connectivity index (χ0n) is 10.5. The number of hydrogen-bond donors (Lipinski definition) is 1. The van der Waals surface area contributed by atoms with E-state index < -0.39 is 5.97 Å². The van der Waals surface area contributed by atoms with Gasteiger partial charge in [0.15, 0.2) is 0 Å². The van der Waals surface area contributed by atoms with Crippen molar-refractivity contribution in [3.8, 4) is 11.5 Å². The van der Waals surface area contributed by atoms with Crippen LogP contribution in [0.5, 0.6) is 0 Å². The second-order valence-corrected chi connectivity index (χ2v) is 4.60. The molecule has 0 saturated carbocycles. The van der Waals surface area contributed by atoms with Crippen LogP contribution in [-0.2, 0) is 13.5 Å². The number of nitrogens with zero attached hydrogens (tertiary/aromatic N) is 3. The fourth-order valence-corrected chi connectivity index (χ4v) is 1.70. The van der Waals surface area contributed by atoms with Gasteiger partial charge in [-0.15, -0.1) is 0 Å². The first kappa shape index (κ1) is 12.3. The van der Waals surface area contributed by atoms with Gasteiger partial charge in [-0.05, 0) is 12.3 Å². The molecule has 0 aliphatic rings. The molecule has 0 aromatic carbocycles. The van der Waals surface area contributed by atoms with E-state index in [4.69, 9.17) is 9.52 Å². The van der Waals surface area contributed by atoms with Crippen molar-refractivity contribution in [2.24, 2.45) is 13.0 Å². The van der Waals surface area contributed by atoms with Gasteiger partial charge in [0.1, 0.15) is 0 Å². The minimum atomic E-state index is -1.09. The Hall–Kier alpha value is -2.11.